The highest BCUT2D eigenvalue weighted by Crippen LogP contribution is 2.29. The molecule has 6 nitrogen and oxygen atoms in total. The van der Waals surface area contributed by atoms with Gasteiger partial charge in [-0.05, 0) is 32.9 Å². The van der Waals surface area contributed by atoms with Crippen LogP contribution < -0.4 is 10.1 Å². The summed E-state index contributed by atoms with van der Waals surface area (Å²) in [7, 11) is 1.34. The van der Waals surface area contributed by atoms with E-state index in [0.29, 0.717) is 0 Å². The summed E-state index contributed by atoms with van der Waals surface area (Å²) < 4.78 is 10.1. The van der Waals surface area contributed by atoms with Crippen molar-refractivity contribution in [1.82, 2.24) is 0 Å². The lowest BCUT2D eigenvalue weighted by atomic mass is 10.1. The third-order valence-corrected chi connectivity index (χ3v) is 2.09. The molecule has 1 rings (SSSR count). The summed E-state index contributed by atoms with van der Waals surface area (Å²) >= 11 is 0. The van der Waals surface area contributed by atoms with E-state index in [9.17, 15) is 9.59 Å². The summed E-state index contributed by atoms with van der Waals surface area (Å²) in [6.07, 6.45) is -0.673. The van der Waals surface area contributed by atoms with E-state index in [0.717, 1.165) is 0 Å². The lowest BCUT2D eigenvalue weighted by molar-refractivity contribution is 0.0631. The van der Waals surface area contributed by atoms with Crippen LogP contribution >= 0.6 is 0 Å². The van der Waals surface area contributed by atoms with E-state index in [1.807, 2.05) is 0 Å². The Morgan fingerprint density at radius 3 is 2.37 bits per heavy atom. The van der Waals surface area contributed by atoms with Crippen molar-refractivity contribution in [2.75, 3.05) is 12.4 Å². The maximum absolute atomic E-state index is 11.6. The third kappa shape index (κ3) is 4.17. The van der Waals surface area contributed by atoms with Crippen LogP contribution in [0.5, 0.6) is 5.75 Å². The van der Waals surface area contributed by atoms with Crippen molar-refractivity contribution >= 4 is 17.7 Å². The molecule has 0 aromatic heterocycles. The van der Waals surface area contributed by atoms with Crippen LogP contribution in [0.4, 0.5) is 10.5 Å². The van der Waals surface area contributed by atoms with Crippen LogP contribution in [0.25, 0.3) is 0 Å². The fourth-order valence-corrected chi connectivity index (χ4v) is 1.44. The third-order valence-electron chi connectivity index (χ3n) is 2.09. The van der Waals surface area contributed by atoms with E-state index >= 15 is 0 Å². The molecule has 19 heavy (non-hydrogen) atoms. The summed E-state index contributed by atoms with van der Waals surface area (Å²) in [4.78, 5) is 22.7. The Morgan fingerprint density at radius 1 is 1.26 bits per heavy atom. The van der Waals surface area contributed by atoms with Crippen LogP contribution in [0.2, 0.25) is 0 Å². The highest BCUT2D eigenvalue weighted by Gasteiger charge is 2.20. The molecule has 0 heterocycles. The molecule has 0 bridgehead atoms. The number of ether oxygens (including phenoxy) is 2. The number of carboxylic acid groups (broad SMARTS) is 1. The molecular formula is C13H17NO5. The van der Waals surface area contributed by atoms with Gasteiger partial charge in [-0.3, -0.25) is 5.32 Å². The second-order valence-electron chi connectivity index (χ2n) is 4.82. The van der Waals surface area contributed by atoms with Crippen LogP contribution in [0.15, 0.2) is 18.2 Å². The minimum absolute atomic E-state index is 0.0314. The number of carbonyl (C=O) groups is 2. The number of hydrogen-bond donors (Lipinski definition) is 2. The van der Waals surface area contributed by atoms with Crippen molar-refractivity contribution in [1.29, 1.82) is 0 Å². The molecule has 0 aliphatic rings. The van der Waals surface area contributed by atoms with Crippen molar-refractivity contribution < 1.29 is 24.2 Å². The molecule has 104 valence electrons. The molecule has 0 saturated carbocycles. The molecule has 0 fully saturated rings. The molecular weight excluding hydrogens is 250 g/mol. The van der Waals surface area contributed by atoms with Crippen molar-refractivity contribution in [3.63, 3.8) is 0 Å². The first-order valence-electron chi connectivity index (χ1n) is 5.65. The molecule has 0 aliphatic heterocycles. The molecule has 1 aromatic carbocycles. The van der Waals surface area contributed by atoms with E-state index in [1.165, 1.54) is 25.3 Å². The van der Waals surface area contributed by atoms with Crippen molar-refractivity contribution in [3.8, 4) is 5.75 Å². The number of hydrogen-bond acceptors (Lipinski definition) is 4. The summed E-state index contributed by atoms with van der Waals surface area (Å²) in [5, 5.41) is 11.5. The highest BCUT2D eigenvalue weighted by molar-refractivity contribution is 5.96. The number of methoxy groups -OCH3 is 1. The predicted molar refractivity (Wildman–Crippen MR) is 69.8 cm³/mol. The van der Waals surface area contributed by atoms with E-state index in [2.05, 4.69) is 5.32 Å². The van der Waals surface area contributed by atoms with Crippen molar-refractivity contribution in [2.24, 2.45) is 0 Å². The molecule has 0 radical (unpaired) electrons. The van der Waals surface area contributed by atoms with Gasteiger partial charge in [0.1, 0.15) is 11.2 Å². The zero-order valence-electron chi connectivity index (χ0n) is 11.3. The van der Waals surface area contributed by atoms with Crippen LogP contribution in [0, 0.1) is 0 Å². The maximum atomic E-state index is 11.6. The summed E-state index contributed by atoms with van der Waals surface area (Å²) in [6.45, 7) is 5.20. The second kappa shape index (κ2) is 5.60. The Bertz CT molecular complexity index is 490. The van der Waals surface area contributed by atoms with Crippen LogP contribution in [-0.2, 0) is 4.74 Å². The summed E-state index contributed by atoms with van der Waals surface area (Å²) in [5.74, 6) is -1.05. The Labute approximate surface area is 111 Å². The minimum Gasteiger partial charge on any atom is -0.494 e. The zero-order chi connectivity index (χ0) is 14.6. The molecule has 0 spiro atoms. The standard InChI is InChI=1S/C13H17NO5/c1-13(2,3)19-12(17)14-9-7-5-6-8(11(15)16)10(9)18-4/h5-7H,1-4H3,(H,14,17)(H,15,16). The molecule has 0 aliphatic carbocycles. The van der Waals surface area contributed by atoms with E-state index in [-0.39, 0.29) is 17.0 Å². The molecule has 0 atom stereocenters. The van der Waals surface area contributed by atoms with Gasteiger partial charge in [0.15, 0.2) is 5.75 Å². The zero-order valence-corrected chi connectivity index (χ0v) is 11.3. The summed E-state index contributed by atoms with van der Waals surface area (Å²) in [5.41, 5.74) is -0.422. The molecule has 0 saturated heterocycles. The maximum Gasteiger partial charge on any atom is 0.412 e. The minimum atomic E-state index is -1.13. The van der Waals surface area contributed by atoms with Gasteiger partial charge in [0.05, 0.1) is 12.8 Å². The Hall–Kier alpha value is -2.24. The fraction of sp³-hybridized carbons (Fsp3) is 0.385. The normalized spacial score (nSPS) is 10.7. The first-order valence-corrected chi connectivity index (χ1v) is 5.65. The van der Waals surface area contributed by atoms with Crippen molar-refractivity contribution in [3.05, 3.63) is 23.8 Å². The number of para-hydroxylation sites is 1. The molecule has 0 unspecified atom stereocenters. The average molecular weight is 267 g/mol. The quantitative estimate of drug-likeness (QED) is 0.879. The van der Waals surface area contributed by atoms with Gasteiger partial charge in [-0.25, -0.2) is 9.59 Å². The van der Waals surface area contributed by atoms with Crippen molar-refractivity contribution in [2.45, 2.75) is 26.4 Å². The number of nitrogens with one attached hydrogen (secondary N) is 1. The topological polar surface area (TPSA) is 84.9 Å². The van der Waals surface area contributed by atoms with Gasteiger partial charge in [-0.15, -0.1) is 0 Å². The number of amides is 1. The molecule has 2 N–H and O–H groups in total. The van der Waals surface area contributed by atoms with Crippen LogP contribution in [0.1, 0.15) is 31.1 Å². The lowest BCUT2D eigenvalue weighted by Crippen LogP contribution is -2.27. The van der Waals surface area contributed by atoms with E-state index < -0.39 is 17.7 Å². The number of carbonyl (C=O) groups excluding carboxylic acids is 1. The van der Waals surface area contributed by atoms with Gasteiger partial charge < -0.3 is 14.6 Å². The smallest absolute Gasteiger partial charge is 0.412 e. The number of rotatable bonds is 3. The van der Waals surface area contributed by atoms with Gasteiger partial charge in [-0.2, -0.15) is 0 Å². The van der Waals surface area contributed by atoms with E-state index in [4.69, 9.17) is 14.6 Å². The molecule has 6 heteroatoms. The number of carboxylic acids is 1. The number of benzene rings is 1. The first-order chi connectivity index (χ1) is 8.74. The molecule has 1 aromatic rings. The Balaban J connectivity index is 2.99. The predicted octanol–water partition coefficient (Wildman–Crippen LogP) is 2.74. The molecule has 1 amide bonds. The van der Waals surface area contributed by atoms with Crippen LogP contribution in [0.3, 0.4) is 0 Å². The van der Waals surface area contributed by atoms with Gasteiger partial charge in [-0.1, -0.05) is 6.07 Å². The lowest BCUT2D eigenvalue weighted by Gasteiger charge is -2.20. The van der Waals surface area contributed by atoms with Gasteiger partial charge in [0.25, 0.3) is 0 Å². The SMILES string of the molecule is COc1c(NC(=O)OC(C)(C)C)cccc1C(=O)O. The highest BCUT2D eigenvalue weighted by atomic mass is 16.6. The second-order valence-corrected chi connectivity index (χ2v) is 4.82. The Morgan fingerprint density at radius 2 is 1.89 bits per heavy atom. The van der Waals surface area contributed by atoms with Crippen LogP contribution in [-0.4, -0.2) is 29.9 Å². The average Bonchev–Trinajstić information content (AvgIpc) is 2.25. The monoisotopic (exact) mass is 267 g/mol. The number of aromatic carboxylic acids is 1. The largest absolute Gasteiger partial charge is 0.494 e. The van der Waals surface area contributed by atoms with Gasteiger partial charge >= 0.3 is 12.1 Å². The van der Waals surface area contributed by atoms with E-state index in [1.54, 1.807) is 20.8 Å². The first kappa shape index (κ1) is 14.8. The summed E-state index contributed by atoms with van der Waals surface area (Å²) in [6, 6.07) is 4.44. The Kier molecular flexibility index (Phi) is 4.37. The van der Waals surface area contributed by atoms with Gasteiger partial charge in [0, 0.05) is 0 Å². The fourth-order valence-electron chi connectivity index (χ4n) is 1.44. The van der Waals surface area contributed by atoms with Gasteiger partial charge in [0.2, 0.25) is 0 Å². The number of anilines is 1.